The fourth-order valence-electron chi connectivity index (χ4n) is 2.58. The minimum absolute atomic E-state index is 0.262. The van der Waals surface area contributed by atoms with E-state index in [0.29, 0.717) is 17.2 Å². The molecular weight excluding hydrogens is 360 g/mol. The molecule has 0 spiro atoms. The topological polar surface area (TPSA) is 64.4 Å². The van der Waals surface area contributed by atoms with Crippen LogP contribution in [-0.4, -0.2) is 27.7 Å². The van der Waals surface area contributed by atoms with Crippen LogP contribution >= 0.6 is 12.2 Å². The number of rotatable bonds is 7. The lowest BCUT2D eigenvalue weighted by atomic mass is 10.1. The molecule has 7 heteroatoms. The largest absolute Gasteiger partial charge is 0.494 e. The Kier molecular flexibility index (Phi) is 6.03. The number of nitrogens with zero attached hydrogens (tertiary/aromatic N) is 3. The van der Waals surface area contributed by atoms with Gasteiger partial charge in [0.05, 0.1) is 12.8 Å². The minimum atomic E-state index is 0.262. The number of H-pyrrole nitrogens is 1. The van der Waals surface area contributed by atoms with E-state index in [9.17, 15) is 0 Å². The highest BCUT2D eigenvalue weighted by Crippen LogP contribution is 2.19. The van der Waals surface area contributed by atoms with Crippen molar-refractivity contribution in [1.82, 2.24) is 14.9 Å². The Morgan fingerprint density at radius 1 is 1.15 bits per heavy atom. The molecule has 0 bridgehead atoms. The first-order chi connectivity index (χ1) is 13.1. The molecule has 0 unspecified atom stereocenters. The molecule has 1 N–H and O–H groups in total. The number of aryl methyl sites for hydroxylation is 2. The Bertz CT molecular complexity index is 990. The molecule has 0 amide bonds. The molecule has 6 nitrogen and oxygen atoms in total. The highest BCUT2D eigenvalue weighted by molar-refractivity contribution is 7.71. The number of aromatic nitrogens is 3. The van der Waals surface area contributed by atoms with Crippen LogP contribution in [0.5, 0.6) is 11.5 Å². The van der Waals surface area contributed by atoms with Crippen molar-refractivity contribution in [2.75, 3.05) is 6.61 Å². The number of aromatic amines is 1. The molecule has 1 aromatic heterocycles. The zero-order valence-corrected chi connectivity index (χ0v) is 16.4. The van der Waals surface area contributed by atoms with Crippen LogP contribution in [0.15, 0.2) is 47.6 Å². The van der Waals surface area contributed by atoms with Gasteiger partial charge in [0.15, 0.2) is 5.82 Å². The van der Waals surface area contributed by atoms with Crippen molar-refractivity contribution < 1.29 is 9.47 Å². The maximum absolute atomic E-state index is 5.89. The molecule has 0 aliphatic carbocycles. The lowest BCUT2D eigenvalue weighted by Crippen LogP contribution is -2.05. The van der Waals surface area contributed by atoms with Gasteiger partial charge in [-0.05, 0) is 74.4 Å². The van der Waals surface area contributed by atoms with E-state index in [1.165, 1.54) is 5.56 Å². The molecule has 27 heavy (non-hydrogen) atoms. The second kappa shape index (κ2) is 8.64. The van der Waals surface area contributed by atoms with Gasteiger partial charge in [0.25, 0.3) is 0 Å². The zero-order chi connectivity index (χ0) is 19.2. The average Bonchev–Trinajstić information content (AvgIpc) is 3.00. The van der Waals surface area contributed by atoms with Crippen LogP contribution in [-0.2, 0) is 6.61 Å². The Labute approximate surface area is 163 Å². The van der Waals surface area contributed by atoms with Crippen LogP contribution in [0, 0.1) is 18.6 Å². The summed E-state index contributed by atoms with van der Waals surface area (Å²) in [5, 5.41) is 11.4. The van der Waals surface area contributed by atoms with Crippen LogP contribution < -0.4 is 9.47 Å². The maximum Gasteiger partial charge on any atom is 0.216 e. The van der Waals surface area contributed by atoms with E-state index >= 15 is 0 Å². The van der Waals surface area contributed by atoms with Crippen LogP contribution in [0.1, 0.15) is 29.4 Å². The molecular formula is C20H22N4O2S. The lowest BCUT2D eigenvalue weighted by Gasteiger charge is -2.09. The molecule has 0 aliphatic heterocycles. The van der Waals surface area contributed by atoms with Gasteiger partial charge in [-0.15, -0.1) is 0 Å². The summed E-state index contributed by atoms with van der Waals surface area (Å²) in [6, 6.07) is 13.7. The van der Waals surface area contributed by atoms with Gasteiger partial charge in [-0.1, -0.05) is 17.7 Å². The highest BCUT2D eigenvalue weighted by atomic mass is 32.1. The molecule has 0 fully saturated rings. The van der Waals surface area contributed by atoms with Crippen molar-refractivity contribution in [3.8, 4) is 11.5 Å². The normalized spacial score (nSPS) is 11.1. The Morgan fingerprint density at radius 2 is 1.93 bits per heavy atom. The van der Waals surface area contributed by atoms with Crippen molar-refractivity contribution in [3.63, 3.8) is 0 Å². The van der Waals surface area contributed by atoms with Crippen LogP contribution in [0.3, 0.4) is 0 Å². The zero-order valence-electron chi connectivity index (χ0n) is 15.6. The van der Waals surface area contributed by atoms with Crippen LogP contribution in [0.4, 0.5) is 0 Å². The minimum Gasteiger partial charge on any atom is -0.494 e. The number of nitrogens with one attached hydrogen (secondary N) is 1. The summed E-state index contributed by atoms with van der Waals surface area (Å²) in [6.07, 6.45) is 1.72. The first-order valence-corrected chi connectivity index (χ1v) is 9.11. The molecule has 3 aromatic rings. The molecule has 1 heterocycles. The molecule has 2 aromatic carbocycles. The summed E-state index contributed by atoms with van der Waals surface area (Å²) < 4.78 is 13.3. The van der Waals surface area contributed by atoms with Crippen molar-refractivity contribution in [1.29, 1.82) is 0 Å². The van der Waals surface area contributed by atoms with Crippen molar-refractivity contribution in [2.24, 2.45) is 5.10 Å². The van der Waals surface area contributed by atoms with E-state index in [0.717, 1.165) is 22.6 Å². The third-order valence-electron chi connectivity index (χ3n) is 3.92. The van der Waals surface area contributed by atoms with E-state index in [1.807, 2.05) is 50.2 Å². The van der Waals surface area contributed by atoms with Crippen LogP contribution in [0.2, 0.25) is 0 Å². The molecule has 0 aliphatic rings. The van der Waals surface area contributed by atoms with E-state index in [-0.39, 0.29) is 6.61 Å². The van der Waals surface area contributed by atoms with Gasteiger partial charge in [0.2, 0.25) is 4.77 Å². The van der Waals surface area contributed by atoms with E-state index in [1.54, 1.807) is 10.9 Å². The standard InChI is InChI=1S/C20H22N4O2S/c1-4-25-17-8-6-16(7-9-17)12-21-24-19(22-23-20(24)27)13-26-18-10-5-14(2)11-15(18)3/h5-12H,4,13H2,1-3H3,(H,23,27)/b21-12-. The molecule has 140 valence electrons. The number of hydrogen-bond acceptors (Lipinski definition) is 5. The second-order valence-electron chi connectivity index (χ2n) is 6.06. The number of hydrogen-bond donors (Lipinski definition) is 1. The third-order valence-corrected chi connectivity index (χ3v) is 4.18. The maximum atomic E-state index is 5.89. The van der Waals surface area contributed by atoms with Crippen molar-refractivity contribution >= 4 is 18.4 Å². The highest BCUT2D eigenvalue weighted by Gasteiger charge is 2.07. The average molecular weight is 382 g/mol. The third kappa shape index (κ3) is 4.83. The molecule has 0 saturated carbocycles. The number of ether oxygens (including phenoxy) is 2. The summed E-state index contributed by atoms with van der Waals surface area (Å²) in [6.45, 7) is 6.93. The van der Waals surface area contributed by atoms with Gasteiger partial charge in [-0.3, -0.25) is 0 Å². The van der Waals surface area contributed by atoms with E-state index < -0.39 is 0 Å². The van der Waals surface area contributed by atoms with Gasteiger partial charge < -0.3 is 9.47 Å². The van der Waals surface area contributed by atoms with Crippen LogP contribution in [0.25, 0.3) is 0 Å². The van der Waals surface area contributed by atoms with Gasteiger partial charge >= 0.3 is 0 Å². The van der Waals surface area contributed by atoms with Gasteiger partial charge in [-0.25, -0.2) is 5.10 Å². The Morgan fingerprint density at radius 3 is 2.63 bits per heavy atom. The predicted octanol–water partition coefficient (Wildman–Crippen LogP) is 4.42. The summed E-state index contributed by atoms with van der Waals surface area (Å²) in [4.78, 5) is 0. The Hall–Kier alpha value is -2.93. The number of benzene rings is 2. The summed E-state index contributed by atoms with van der Waals surface area (Å²) in [5.74, 6) is 2.25. The lowest BCUT2D eigenvalue weighted by molar-refractivity contribution is 0.288. The first-order valence-electron chi connectivity index (χ1n) is 8.70. The predicted molar refractivity (Wildman–Crippen MR) is 108 cm³/mol. The summed E-state index contributed by atoms with van der Waals surface area (Å²) >= 11 is 5.27. The first kappa shape index (κ1) is 18.8. The van der Waals surface area contributed by atoms with E-state index in [2.05, 4.69) is 28.3 Å². The van der Waals surface area contributed by atoms with Gasteiger partial charge in [0.1, 0.15) is 18.1 Å². The monoisotopic (exact) mass is 382 g/mol. The van der Waals surface area contributed by atoms with Crippen molar-refractivity contribution in [3.05, 3.63) is 69.8 Å². The summed E-state index contributed by atoms with van der Waals surface area (Å²) in [7, 11) is 0. The summed E-state index contributed by atoms with van der Waals surface area (Å²) in [5.41, 5.74) is 3.21. The smallest absolute Gasteiger partial charge is 0.216 e. The second-order valence-corrected chi connectivity index (χ2v) is 6.45. The quantitative estimate of drug-likeness (QED) is 0.485. The SMILES string of the molecule is CCOc1ccc(/C=N\n2c(COc3ccc(C)cc3C)n[nH]c2=S)cc1. The van der Waals surface area contributed by atoms with Crippen molar-refractivity contribution in [2.45, 2.75) is 27.4 Å². The molecule has 0 radical (unpaired) electrons. The molecule has 3 rings (SSSR count). The molecule has 0 saturated heterocycles. The van der Waals surface area contributed by atoms with E-state index in [4.69, 9.17) is 21.7 Å². The fraction of sp³-hybridized carbons (Fsp3) is 0.250. The fourth-order valence-corrected chi connectivity index (χ4v) is 2.78. The molecule has 0 atom stereocenters. The Balaban J connectivity index is 1.73. The van der Waals surface area contributed by atoms with Gasteiger partial charge in [-0.2, -0.15) is 14.9 Å². The van der Waals surface area contributed by atoms with Gasteiger partial charge in [0, 0.05) is 0 Å².